The van der Waals surface area contributed by atoms with E-state index in [2.05, 4.69) is 31.4 Å². The zero-order chi connectivity index (χ0) is 12.4. The highest BCUT2D eigenvalue weighted by Crippen LogP contribution is 2.23. The van der Waals surface area contributed by atoms with Crippen LogP contribution in [0.25, 0.3) is 0 Å². The summed E-state index contributed by atoms with van der Waals surface area (Å²) in [5, 5.41) is 9.92. The second kappa shape index (κ2) is 4.89. The molecule has 2 N–H and O–H groups in total. The number of aromatic nitrogens is 2. The Morgan fingerprint density at radius 1 is 1.47 bits per heavy atom. The second-order valence-electron chi connectivity index (χ2n) is 3.52. The van der Waals surface area contributed by atoms with Crippen LogP contribution in [0, 0.1) is 6.92 Å². The number of rotatable bonds is 2. The minimum absolute atomic E-state index is 0.228. The molecule has 17 heavy (non-hydrogen) atoms. The summed E-state index contributed by atoms with van der Waals surface area (Å²) in [6.07, 6.45) is 0. The molecule has 0 unspecified atom stereocenters. The molecule has 0 fully saturated rings. The molecule has 0 aliphatic heterocycles. The zero-order valence-corrected chi connectivity index (χ0v) is 11.3. The molecule has 6 heteroatoms. The molecule has 1 heterocycles. The normalized spacial score (nSPS) is 10.3. The molecule has 1 amide bonds. The Bertz CT molecular complexity index is 568. The van der Waals surface area contributed by atoms with Crippen molar-refractivity contribution in [1.82, 2.24) is 10.2 Å². The van der Waals surface area contributed by atoms with E-state index in [1.807, 2.05) is 6.92 Å². The van der Waals surface area contributed by atoms with Gasteiger partial charge in [-0.3, -0.25) is 9.89 Å². The summed E-state index contributed by atoms with van der Waals surface area (Å²) in [4.78, 5) is 11.9. The Morgan fingerprint density at radius 3 is 2.82 bits per heavy atom. The number of hydrogen-bond donors (Lipinski definition) is 2. The van der Waals surface area contributed by atoms with Crippen molar-refractivity contribution in [2.45, 2.75) is 6.92 Å². The van der Waals surface area contributed by atoms with Crippen molar-refractivity contribution < 1.29 is 4.79 Å². The number of halogens is 2. The lowest BCUT2D eigenvalue weighted by atomic mass is 10.2. The number of hydrogen-bond acceptors (Lipinski definition) is 2. The first-order chi connectivity index (χ1) is 8.06. The van der Waals surface area contributed by atoms with Gasteiger partial charge in [0, 0.05) is 21.8 Å². The van der Waals surface area contributed by atoms with Crippen molar-refractivity contribution in [3.8, 4) is 0 Å². The van der Waals surface area contributed by atoms with Gasteiger partial charge in [-0.1, -0.05) is 11.6 Å². The minimum atomic E-state index is -0.228. The molecule has 0 atom stereocenters. The van der Waals surface area contributed by atoms with Gasteiger partial charge >= 0.3 is 0 Å². The number of amides is 1. The summed E-state index contributed by atoms with van der Waals surface area (Å²) >= 11 is 9.12. The predicted octanol–water partition coefficient (Wildman–Crippen LogP) is 3.39. The molecule has 0 saturated heterocycles. The topological polar surface area (TPSA) is 57.8 Å². The van der Waals surface area contributed by atoms with Crippen LogP contribution in [-0.4, -0.2) is 16.1 Å². The Labute approximate surface area is 111 Å². The Morgan fingerprint density at radius 2 is 2.24 bits per heavy atom. The number of benzene rings is 1. The number of H-pyrrole nitrogens is 1. The van der Waals surface area contributed by atoms with E-state index in [0.717, 1.165) is 5.69 Å². The lowest BCUT2D eigenvalue weighted by Crippen LogP contribution is -2.12. The van der Waals surface area contributed by atoms with Gasteiger partial charge in [-0.25, -0.2) is 0 Å². The van der Waals surface area contributed by atoms with Crippen molar-refractivity contribution in [3.63, 3.8) is 0 Å². The fourth-order valence-corrected chi connectivity index (χ4v) is 1.80. The van der Waals surface area contributed by atoms with E-state index in [1.54, 1.807) is 24.3 Å². The van der Waals surface area contributed by atoms with Crippen molar-refractivity contribution in [2.75, 3.05) is 5.32 Å². The van der Waals surface area contributed by atoms with E-state index in [9.17, 15) is 4.79 Å². The highest BCUT2D eigenvalue weighted by atomic mass is 79.9. The fourth-order valence-electron chi connectivity index (χ4n) is 1.31. The zero-order valence-electron chi connectivity index (χ0n) is 8.92. The number of carbonyl (C=O) groups excluding carboxylic acids is 1. The lowest BCUT2D eigenvalue weighted by Gasteiger charge is -2.03. The maximum atomic E-state index is 11.9. The smallest absolute Gasteiger partial charge is 0.256 e. The molecule has 0 spiro atoms. The standard InChI is InChI=1S/C11H9BrClN3O/c1-6-4-10(16-15-6)14-11(17)7-2-3-9(13)8(12)5-7/h2-5H,1H3,(H2,14,15,16,17). The average molecular weight is 315 g/mol. The average Bonchev–Trinajstić information content (AvgIpc) is 2.68. The first-order valence-corrected chi connectivity index (χ1v) is 6.02. The summed E-state index contributed by atoms with van der Waals surface area (Å²) in [6, 6.07) is 6.73. The van der Waals surface area contributed by atoms with Crippen LogP contribution in [0.4, 0.5) is 5.82 Å². The number of carbonyl (C=O) groups is 1. The predicted molar refractivity (Wildman–Crippen MR) is 70.4 cm³/mol. The van der Waals surface area contributed by atoms with E-state index in [4.69, 9.17) is 11.6 Å². The summed E-state index contributed by atoms with van der Waals surface area (Å²) < 4.78 is 0.685. The molecule has 0 bridgehead atoms. The third kappa shape index (κ3) is 2.87. The first-order valence-electron chi connectivity index (χ1n) is 4.84. The summed E-state index contributed by atoms with van der Waals surface area (Å²) in [5.74, 6) is 0.271. The van der Waals surface area contributed by atoms with Crippen molar-refractivity contribution in [2.24, 2.45) is 0 Å². The highest BCUT2D eigenvalue weighted by Gasteiger charge is 2.09. The van der Waals surface area contributed by atoms with Gasteiger partial charge in [0.2, 0.25) is 0 Å². The first kappa shape index (κ1) is 12.1. The molecule has 0 aliphatic carbocycles. The molecule has 1 aromatic heterocycles. The maximum absolute atomic E-state index is 11.9. The number of nitrogens with zero attached hydrogens (tertiary/aromatic N) is 1. The van der Waals surface area contributed by atoms with E-state index >= 15 is 0 Å². The van der Waals surface area contributed by atoms with Crippen LogP contribution in [0.15, 0.2) is 28.7 Å². The number of aromatic amines is 1. The van der Waals surface area contributed by atoms with E-state index in [1.165, 1.54) is 0 Å². The lowest BCUT2D eigenvalue weighted by molar-refractivity contribution is 0.102. The molecule has 0 radical (unpaired) electrons. The molecule has 0 aliphatic rings. The van der Waals surface area contributed by atoms with Gasteiger partial charge in [-0.2, -0.15) is 5.10 Å². The number of aryl methyl sites for hydroxylation is 1. The molecule has 2 aromatic rings. The third-order valence-corrected chi connectivity index (χ3v) is 3.34. The van der Waals surface area contributed by atoms with Crippen molar-refractivity contribution >= 4 is 39.3 Å². The fraction of sp³-hybridized carbons (Fsp3) is 0.0909. The number of nitrogens with one attached hydrogen (secondary N) is 2. The Balaban J connectivity index is 2.17. The molecular formula is C11H9BrClN3O. The molecule has 2 rings (SSSR count). The van der Waals surface area contributed by atoms with Gasteiger partial charge in [-0.15, -0.1) is 0 Å². The SMILES string of the molecule is Cc1cc(NC(=O)c2ccc(Cl)c(Br)c2)n[nH]1. The summed E-state index contributed by atoms with van der Waals surface area (Å²) in [6.45, 7) is 1.86. The van der Waals surface area contributed by atoms with Crippen LogP contribution in [0.2, 0.25) is 5.02 Å². The van der Waals surface area contributed by atoms with Gasteiger partial charge in [0.1, 0.15) is 0 Å². The van der Waals surface area contributed by atoms with Crippen LogP contribution < -0.4 is 5.32 Å². The van der Waals surface area contributed by atoms with E-state index in [-0.39, 0.29) is 5.91 Å². The second-order valence-corrected chi connectivity index (χ2v) is 4.78. The van der Waals surface area contributed by atoms with Gasteiger partial charge in [0.15, 0.2) is 5.82 Å². The maximum Gasteiger partial charge on any atom is 0.256 e. The van der Waals surface area contributed by atoms with Gasteiger partial charge in [-0.05, 0) is 41.1 Å². The van der Waals surface area contributed by atoms with Crippen LogP contribution >= 0.6 is 27.5 Å². The van der Waals surface area contributed by atoms with Crippen LogP contribution in [0.1, 0.15) is 16.1 Å². The van der Waals surface area contributed by atoms with E-state index < -0.39 is 0 Å². The van der Waals surface area contributed by atoms with Crippen LogP contribution in [0.3, 0.4) is 0 Å². The Kier molecular flexibility index (Phi) is 3.49. The third-order valence-electron chi connectivity index (χ3n) is 2.13. The summed E-state index contributed by atoms with van der Waals surface area (Å²) in [5.41, 5.74) is 1.40. The molecule has 88 valence electrons. The van der Waals surface area contributed by atoms with E-state index in [0.29, 0.717) is 20.9 Å². The molecule has 0 saturated carbocycles. The van der Waals surface area contributed by atoms with Crippen LogP contribution in [-0.2, 0) is 0 Å². The minimum Gasteiger partial charge on any atom is -0.305 e. The number of anilines is 1. The molecule has 4 nitrogen and oxygen atoms in total. The van der Waals surface area contributed by atoms with Gasteiger partial charge in [0.25, 0.3) is 5.91 Å². The molecular weight excluding hydrogens is 305 g/mol. The highest BCUT2D eigenvalue weighted by molar-refractivity contribution is 9.10. The van der Waals surface area contributed by atoms with Crippen LogP contribution in [0.5, 0.6) is 0 Å². The van der Waals surface area contributed by atoms with Gasteiger partial charge in [0.05, 0.1) is 5.02 Å². The monoisotopic (exact) mass is 313 g/mol. The van der Waals surface area contributed by atoms with Gasteiger partial charge < -0.3 is 5.32 Å². The largest absolute Gasteiger partial charge is 0.305 e. The summed E-state index contributed by atoms with van der Waals surface area (Å²) in [7, 11) is 0. The quantitative estimate of drug-likeness (QED) is 0.892. The van der Waals surface area contributed by atoms with Crippen molar-refractivity contribution in [1.29, 1.82) is 0 Å². The Hall–Kier alpha value is -1.33. The molecule has 1 aromatic carbocycles. The van der Waals surface area contributed by atoms with Crippen molar-refractivity contribution in [3.05, 3.63) is 45.0 Å².